The Bertz CT molecular complexity index is 1180. The summed E-state index contributed by atoms with van der Waals surface area (Å²) in [5, 5.41) is 2.37. The summed E-state index contributed by atoms with van der Waals surface area (Å²) in [5.74, 6) is -0.168. The molecule has 2 aliphatic rings. The van der Waals surface area contributed by atoms with E-state index in [1.54, 1.807) is 0 Å². The maximum absolute atomic E-state index is 12.7. The first-order valence-electron chi connectivity index (χ1n) is 9.05. The first-order valence-corrected chi connectivity index (χ1v) is 9.05. The number of ether oxygens (including phenoxy) is 2. The predicted octanol–water partition coefficient (Wildman–Crippen LogP) is -2.46. The van der Waals surface area contributed by atoms with Gasteiger partial charge in [0.05, 0.1) is 31.9 Å². The predicted molar refractivity (Wildman–Crippen MR) is 98.1 cm³/mol. The van der Waals surface area contributed by atoms with E-state index < -0.39 is 28.0 Å². The fourth-order valence-electron chi connectivity index (χ4n) is 3.59. The molecule has 1 saturated heterocycles. The Labute approximate surface area is 162 Å². The van der Waals surface area contributed by atoms with Gasteiger partial charge in [0.15, 0.2) is 5.60 Å². The molecule has 2 aliphatic heterocycles. The highest BCUT2D eigenvalue weighted by Gasteiger charge is 2.45. The molecule has 1 amide bonds. The molecule has 2 aromatic heterocycles. The highest BCUT2D eigenvalue weighted by Crippen LogP contribution is 2.32. The molecule has 4 heterocycles. The fraction of sp³-hybridized carbons (Fsp3) is 0.471. The monoisotopic (exact) mass is 405 g/mol. The molecule has 1 atom stereocenters. The molecule has 0 radical (unpaired) electrons. The highest BCUT2D eigenvalue weighted by molar-refractivity contribution is 5.76. The summed E-state index contributed by atoms with van der Waals surface area (Å²) in [5.41, 5.74) is -2.73. The molecule has 1 fully saturated rings. The Kier molecular flexibility index (Phi) is 4.70. The van der Waals surface area contributed by atoms with Crippen LogP contribution in [0.3, 0.4) is 0 Å². The number of carbonyl (C=O) groups is 1. The molecule has 154 valence electrons. The van der Waals surface area contributed by atoms with Crippen LogP contribution in [0.25, 0.3) is 0 Å². The van der Waals surface area contributed by atoms with Gasteiger partial charge in [-0.15, -0.1) is 0 Å². The Morgan fingerprint density at radius 3 is 2.83 bits per heavy atom. The third kappa shape index (κ3) is 3.78. The lowest BCUT2D eigenvalue weighted by molar-refractivity contribution is -0.133. The van der Waals surface area contributed by atoms with Crippen molar-refractivity contribution in [1.82, 2.24) is 24.6 Å². The number of aryl methyl sites for hydroxylation is 1. The molecule has 0 bridgehead atoms. The minimum absolute atomic E-state index is 0.0136. The lowest BCUT2D eigenvalue weighted by Gasteiger charge is -2.31. The quantitative estimate of drug-likeness (QED) is 0.510. The standard InChI is InChI=1S/C17H19N5O7/c23-11-1-2-13(25)22(20-11)4-3-12(24)21-5-6-28-9-17(8-21)7-10-14(26)18-16(27)19-15(10)29-17/h1-2H,3-9H2,(H,20,23)(H2,18,19,26,27). The van der Waals surface area contributed by atoms with Crippen LogP contribution in [0.4, 0.5) is 0 Å². The van der Waals surface area contributed by atoms with Crippen LogP contribution in [0.1, 0.15) is 12.0 Å². The smallest absolute Gasteiger partial charge is 0.328 e. The van der Waals surface area contributed by atoms with Crippen molar-refractivity contribution in [3.8, 4) is 5.88 Å². The van der Waals surface area contributed by atoms with Crippen LogP contribution in [0, 0.1) is 0 Å². The molecule has 4 rings (SSSR count). The number of hydrogen-bond donors (Lipinski definition) is 3. The van der Waals surface area contributed by atoms with Gasteiger partial charge in [0.1, 0.15) is 0 Å². The minimum Gasteiger partial charge on any atom is -0.467 e. The molecular weight excluding hydrogens is 386 g/mol. The van der Waals surface area contributed by atoms with Crippen LogP contribution in [0.2, 0.25) is 0 Å². The lowest BCUT2D eigenvalue weighted by Crippen LogP contribution is -2.50. The highest BCUT2D eigenvalue weighted by atomic mass is 16.6. The third-order valence-electron chi connectivity index (χ3n) is 4.96. The number of aromatic nitrogens is 4. The summed E-state index contributed by atoms with van der Waals surface area (Å²) < 4.78 is 12.5. The van der Waals surface area contributed by atoms with Crippen LogP contribution in [-0.4, -0.2) is 62.5 Å². The van der Waals surface area contributed by atoms with Gasteiger partial charge >= 0.3 is 5.69 Å². The Balaban J connectivity index is 1.49. The molecule has 2 aromatic rings. The number of nitrogens with zero attached hydrogens (tertiary/aromatic N) is 2. The van der Waals surface area contributed by atoms with E-state index in [-0.39, 0.29) is 50.9 Å². The maximum atomic E-state index is 12.7. The number of amides is 1. The molecule has 12 heteroatoms. The van der Waals surface area contributed by atoms with E-state index in [0.29, 0.717) is 12.1 Å². The normalized spacial score (nSPS) is 20.9. The summed E-state index contributed by atoms with van der Waals surface area (Å²) >= 11 is 0. The zero-order chi connectivity index (χ0) is 20.6. The average Bonchev–Trinajstić information content (AvgIpc) is 2.89. The van der Waals surface area contributed by atoms with Gasteiger partial charge in [-0.2, -0.15) is 0 Å². The van der Waals surface area contributed by atoms with E-state index in [1.807, 2.05) is 0 Å². The summed E-state index contributed by atoms with van der Waals surface area (Å²) in [4.78, 5) is 65.6. The molecule has 12 nitrogen and oxygen atoms in total. The molecule has 1 unspecified atom stereocenters. The van der Waals surface area contributed by atoms with E-state index in [9.17, 15) is 24.0 Å². The topological polar surface area (TPSA) is 159 Å². The van der Waals surface area contributed by atoms with Crippen molar-refractivity contribution in [3.05, 3.63) is 59.2 Å². The number of nitrogens with one attached hydrogen (secondary N) is 3. The van der Waals surface area contributed by atoms with E-state index in [1.165, 1.54) is 4.90 Å². The van der Waals surface area contributed by atoms with Crippen molar-refractivity contribution >= 4 is 5.91 Å². The number of H-pyrrole nitrogens is 3. The van der Waals surface area contributed by atoms with Crippen LogP contribution in [0.5, 0.6) is 5.88 Å². The van der Waals surface area contributed by atoms with Gasteiger partial charge < -0.3 is 14.4 Å². The molecule has 1 spiro atoms. The zero-order valence-corrected chi connectivity index (χ0v) is 15.4. The van der Waals surface area contributed by atoms with Crippen LogP contribution >= 0.6 is 0 Å². The van der Waals surface area contributed by atoms with E-state index in [2.05, 4.69) is 15.1 Å². The van der Waals surface area contributed by atoms with Gasteiger partial charge in [-0.25, -0.2) is 9.48 Å². The molecular formula is C17H19N5O7. The first-order chi connectivity index (χ1) is 13.8. The molecule has 0 aromatic carbocycles. The number of aromatic amines is 3. The molecule has 0 saturated carbocycles. The van der Waals surface area contributed by atoms with E-state index in [4.69, 9.17) is 9.47 Å². The molecule has 0 aliphatic carbocycles. The molecule has 3 N–H and O–H groups in total. The third-order valence-corrected chi connectivity index (χ3v) is 4.96. The second-order valence-electron chi connectivity index (χ2n) is 7.09. The van der Waals surface area contributed by atoms with Crippen LogP contribution in [-0.2, 0) is 22.5 Å². The van der Waals surface area contributed by atoms with Gasteiger partial charge in [-0.1, -0.05) is 0 Å². The SMILES string of the molecule is O=C(CCn1[nH]c(=O)ccc1=O)N1CCOCC2(Cc3c([nH]c(=O)[nH]c3=O)O2)C1. The number of hydrogen-bond acceptors (Lipinski definition) is 7. The summed E-state index contributed by atoms with van der Waals surface area (Å²) in [7, 11) is 0. The average molecular weight is 405 g/mol. The van der Waals surface area contributed by atoms with E-state index >= 15 is 0 Å². The van der Waals surface area contributed by atoms with Crippen molar-refractivity contribution in [3.63, 3.8) is 0 Å². The van der Waals surface area contributed by atoms with Gasteiger partial charge in [0, 0.05) is 31.5 Å². The van der Waals surface area contributed by atoms with Crippen molar-refractivity contribution < 1.29 is 14.3 Å². The Morgan fingerprint density at radius 1 is 1.17 bits per heavy atom. The van der Waals surface area contributed by atoms with Crippen molar-refractivity contribution in [1.29, 1.82) is 0 Å². The largest absolute Gasteiger partial charge is 0.467 e. The van der Waals surface area contributed by atoms with Gasteiger partial charge in [0.25, 0.3) is 16.7 Å². The van der Waals surface area contributed by atoms with Gasteiger partial charge in [-0.3, -0.25) is 34.2 Å². The Morgan fingerprint density at radius 2 is 2.00 bits per heavy atom. The number of rotatable bonds is 3. The maximum Gasteiger partial charge on any atom is 0.328 e. The summed E-state index contributed by atoms with van der Waals surface area (Å²) in [6, 6.07) is 2.26. The number of carbonyl (C=O) groups excluding carboxylic acids is 1. The number of fused-ring (bicyclic) bond motifs is 1. The lowest BCUT2D eigenvalue weighted by atomic mass is 9.98. The van der Waals surface area contributed by atoms with Crippen molar-refractivity contribution in [2.24, 2.45) is 0 Å². The van der Waals surface area contributed by atoms with Crippen molar-refractivity contribution in [2.75, 3.05) is 26.3 Å². The van der Waals surface area contributed by atoms with Crippen molar-refractivity contribution in [2.45, 2.75) is 25.0 Å². The second-order valence-corrected chi connectivity index (χ2v) is 7.09. The van der Waals surface area contributed by atoms with Gasteiger partial charge in [-0.05, 0) is 0 Å². The molecule has 29 heavy (non-hydrogen) atoms. The first kappa shape index (κ1) is 18.9. The minimum atomic E-state index is -0.982. The van der Waals surface area contributed by atoms with Crippen LogP contribution in [0.15, 0.2) is 31.3 Å². The second kappa shape index (κ2) is 7.20. The summed E-state index contributed by atoms with van der Waals surface area (Å²) in [6.45, 7) is 0.919. The van der Waals surface area contributed by atoms with E-state index in [0.717, 1.165) is 16.8 Å². The van der Waals surface area contributed by atoms with Gasteiger partial charge in [0.2, 0.25) is 11.8 Å². The van der Waals surface area contributed by atoms with Crippen LogP contribution < -0.4 is 27.1 Å². The zero-order valence-electron chi connectivity index (χ0n) is 15.4. The Hall–Kier alpha value is -3.41. The summed E-state index contributed by atoms with van der Waals surface area (Å²) in [6.07, 6.45) is 0.171. The fourth-order valence-corrected chi connectivity index (χ4v) is 3.59.